The van der Waals surface area contributed by atoms with E-state index in [1.54, 1.807) is 17.0 Å². The zero-order valence-electron chi connectivity index (χ0n) is 10.5. The molecular weight excluding hydrogens is 240 g/mol. The summed E-state index contributed by atoms with van der Waals surface area (Å²) in [6.07, 6.45) is 5.55. The Morgan fingerprint density at radius 1 is 1.37 bits per heavy atom. The van der Waals surface area contributed by atoms with Crippen LogP contribution in [0.5, 0.6) is 0 Å². The summed E-state index contributed by atoms with van der Waals surface area (Å²) in [4.78, 5) is 16.4. The summed E-state index contributed by atoms with van der Waals surface area (Å²) in [7, 11) is 0. The number of anilines is 2. The Morgan fingerprint density at radius 3 is 2.89 bits per heavy atom. The molecule has 0 atom stereocenters. The molecule has 0 unspecified atom stereocenters. The lowest BCUT2D eigenvalue weighted by molar-refractivity contribution is 0.701. The normalized spacial score (nSPS) is 14.4. The van der Waals surface area contributed by atoms with Gasteiger partial charge in [0.2, 0.25) is 0 Å². The third kappa shape index (κ3) is 2.37. The van der Waals surface area contributed by atoms with Crippen LogP contribution in [0.4, 0.5) is 11.5 Å². The van der Waals surface area contributed by atoms with E-state index in [1.165, 1.54) is 0 Å². The first-order valence-corrected chi connectivity index (χ1v) is 6.41. The van der Waals surface area contributed by atoms with Gasteiger partial charge in [0.1, 0.15) is 0 Å². The van der Waals surface area contributed by atoms with E-state index < -0.39 is 0 Å². The van der Waals surface area contributed by atoms with Crippen molar-refractivity contribution in [2.75, 3.05) is 5.32 Å². The van der Waals surface area contributed by atoms with E-state index in [2.05, 4.69) is 10.3 Å². The van der Waals surface area contributed by atoms with Crippen molar-refractivity contribution in [2.24, 2.45) is 5.73 Å². The molecule has 98 valence electrons. The van der Waals surface area contributed by atoms with E-state index in [0.717, 1.165) is 24.1 Å². The van der Waals surface area contributed by atoms with Gasteiger partial charge >= 0.3 is 0 Å². The van der Waals surface area contributed by atoms with Crippen LogP contribution in [0.3, 0.4) is 0 Å². The van der Waals surface area contributed by atoms with Gasteiger partial charge < -0.3 is 15.6 Å². The van der Waals surface area contributed by atoms with Gasteiger partial charge in [0.15, 0.2) is 5.82 Å². The van der Waals surface area contributed by atoms with E-state index in [-0.39, 0.29) is 5.56 Å². The number of hydrogen-bond acceptors (Lipinski definition) is 4. The number of benzene rings is 1. The van der Waals surface area contributed by atoms with E-state index in [0.29, 0.717) is 18.4 Å². The van der Waals surface area contributed by atoms with Gasteiger partial charge in [-0.05, 0) is 24.5 Å². The first kappa shape index (κ1) is 11.9. The zero-order valence-corrected chi connectivity index (χ0v) is 10.5. The van der Waals surface area contributed by atoms with E-state index in [9.17, 15) is 4.79 Å². The molecule has 1 aromatic heterocycles. The van der Waals surface area contributed by atoms with Gasteiger partial charge in [0, 0.05) is 30.7 Å². The van der Waals surface area contributed by atoms with Crippen LogP contribution in [-0.4, -0.2) is 9.55 Å². The van der Waals surface area contributed by atoms with Crippen LogP contribution < -0.4 is 16.6 Å². The van der Waals surface area contributed by atoms with Crippen molar-refractivity contribution >= 4 is 11.5 Å². The van der Waals surface area contributed by atoms with Gasteiger partial charge in [0.05, 0.1) is 0 Å². The average molecular weight is 256 g/mol. The summed E-state index contributed by atoms with van der Waals surface area (Å²) in [6.45, 7) is 0.423. The highest BCUT2D eigenvalue weighted by Crippen LogP contribution is 2.33. The first-order chi connectivity index (χ1) is 9.29. The Hall–Kier alpha value is -2.14. The average Bonchev–Trinajstić information content (AvgIpc) is 3.26. The largest absolute Gasteiger partial charge is 0.335 e. The molecule has 3 rings (SSSR count). The summed E-state index contributed by atoms with van der Waals surface area (Å²) in [5.74, 6) is 0.357. The number of nitrogens with two attached hydrogens (primary N) is 1. The van der Waals surface area contributed by atoms with Crippen LogP contribution in [0.15, 0.2) is 41.5 Å². The van der Waals surface area contributed by atoms with Gasteiger partial charge in [-0.25, -0.2) is 4.98 Å². The number of nitrogens with one attached hydrogen (secondary N) is 1. The van der Waals surface area contributed by atoms with Crippen LogP contribution in [0.25, 0.3) is 0 Å². The third-order valence-electron chi connectivity index (χ3n) is 3.30. The van der Waals surface area contributed by atoms with Crippen molar-refractivity contribution in [1.29, 1.82) is 0 Å². The summed E-state index contributed by atoms with van der Waals surface area (Å²) >= 11 is 0. The highest BCUT2D eigenvalue weighted by atomic mass is 16.1. The van der Waals surface area contributed by atoms with Crippen molar-refractivity contribution in [1.82, 2.24) is 9.55 Å². The smallest absolute Gasteiger partial charge is 0.293 e. The highest BCUT2D eigenvalue weighted by Gasteiger charge is 2.25. The number of para-hydroxylation sites is 1. The van der Waals surface area contributed by atoms with Crippen LogP contribution >= 0.6 is 0 Å². The molecule has 2 aromatic rings. The summed E-state index contributed by atoms with van der Waals surface area (Å²) in [5.41, 5.74) is 7.41. The molecule has 1 saturated carbocycles. The number of rotatable bonds is 4. The predicted molar refractivity (Wildman–Crippen MR) is 74.4 cm³/mol. The molecule has 1 aliphatic carbocycles. The second kappa shape index (κ2) is 4.85. The first-order valence-electron chi connectivity index (χ1n) is 6.41. The monoisotopic (exact) mass is 256 g/mol. The van der Waals surface area contributed by atoms with Crippen LogP contribution in [0.2, 0.25) is 0 Å². The molecule has 0 amide bonds. The molecule has 5 heteroatoms. The molecule has 5 nitrogen and oxygen atoms in total. The Balaban J connectivity index is 1.95. The molecule has 0 spiro atoms. The molecule has 1 aliphatic rings. The number of nitrogens with zero attached hydrogens (tertiary/aromatic N) is 2. The van der Waals surface area contributed by atoms with Gasteiger partial charge in [-0.15, -0.1) is 0 Å². The summed E-state index contributed by atoms with van der Waals surface area (Å²) < 4.78 is 1.75. The second-order valence-electron chi connectivity index (χ2n) is 4.71. The molecule has 0 aliphatic heterocycles. The third-order valence-corrected chi connectivity index (χ3v) is 3.30. The lowest BCUT2D eigenvalue weighted by Gasteiger charge is -2.11. The maximum absolute atomic E-state index is 12.3. The zero-order chi connectivity index (χ0) is 13.2. The number of hydrogen-bond donors (Lipinski definition) is 2. The highest BCUT2D eigenvalue weighted by molar-refractivity contribution is 5.59. The van der Waals surface area contributed by atoms with Crippen LogP contribution in [0, 0.1) is 0 Å². The molecule has 1 heterocycles. The maximum Gasteiger partial charge on any atom is 0.293 e. The van der Waals surface area contributed by atoms with E-state index >= 15 is 0 Å². The molecule has 0 bridgehead atoms. The van der Waals surface area contributed by atoms with Gasteiger partial charge in [-0.3, -0.25) is 4.79 Å². The Labute approximate surface area is 111 Å². The Morgan fingerprint density at radius 2 is 2.16 bits per heavy atom. The van der Waals surface area contributed by atoms with Crippen LogP contribution in [-0.2, 0) is 6.54 Å². The van der Waals surface area contributed by atoms with Gasteiger partial charge in [-0.1, -0.05) is 18.2 Å². The van der Waals surface area contributed by atoms with E-state index in [4.69, 9.17) is 5.73 Å². The predicted octanol–water partition coefficient (Wildman–Crippen LogP) is 1.78. The van der Waals surface area contributed by atoms with Crippen LogP contribution in [0.1, 0.15) is 24.4 Å². The molecule has 19 heavy (non-hydrogen) atoms. The molecule has 1 aromatic carbocycles. The van der Waals surface area contributed by atoms with Crippen molar-refractivity contribution in [3.05, 3.63) is 52.6 Å². The minimum Gasteiger partial charge on any atom is -0.335 e. The Kier molecular flexibility index (Phi) is 3.05. The minimum absolute atomic E-state index is 0.0724. The molecule has 0 saturated heterocycles. The SMILES string of the molecule is NCc1ccccc1Nc1nccn(C2CC2)c1=O. The molecule has 3 N–H and O–H groups in total. The fourth-order valence-electron chi connectivity index (χ4n) is 2.10. The van der Waals surface area contributed by atoms with Gasteiger partial charge in [0.25, 0.3) is 5.56 Å². The lowest BCUT2D eigenvalue weighted by atomic mass is 10.2. The Bertz CT molecular complexity index is 646. The molecule has 1 fully saturated rings. The fourth-order valence-corrected chi connectivity index (χ4v) is 2.10. The summed E-state index contributed by atoms with van der Waals surface area (Å²) in [5, 5.41) is 3.09. The lowest BCUT2D eigenvalue weighted by Crippen LogP contribution is -2.22. The van der Waals surface area contributed by atoms with Gasteiger partial charge in [-0.2, -0.15) is 0 Å². The van der Waals surface area contributed by atoms with E-state index in [1.807, 2.05) is 24.3 Å². The molecule has 0 radical (unpaired) electrons. The fraction of sp³-hybridized carbons (Fsp3) is 0.286. The standard InChI is InChI=1S/C14H16N4O/c15-9-10-3-1-2-4-12(10)17-13-14(19)18(8-7-16-13)11-5-6-11/h1-4,7-8,11H,5-6,9,15H2,(H,16,17). The van der Waals surface area contributed by atoms with Crippen molar-refractivity contribution < 1.29 is 0 Å². The quantitative estimate of drug-likeness (QED) is 0.874. The maximum atomic E-state index is 12.3. The van der Waals surface area contributed by atoms with Crippen molar-refractivity contribution in [2.45, 2.75) is 25.4 Å². The summed E-state index contributed by atoms with van der Waals surface area (Å²) in [6, 6.07) is 8.02. The number of aromatic nitrogens is 2. The second-order valence-corrected chi connectivity index (χ2v) is 4.71. The van der Waals surface area contributed by atoms with Crippen molar-refractivity contribution in [3.63, 3.8) is 0 Å². The topological polar surface area (TPSA) is 72.9 Å². The minimum atomic E-state index is -0.0724. The van der Waals surface area contributed by atoms with Crippen molar-refractivity contribution in [3.8, 4) is 0 Å². The molecular formula is C14H16N4O.